The maximum atomic E-state index is 10.9. The Morgan fingerprint density at radius 2 is 2.33 bits per heavy atom. The molecule has 0 aromatic carbocycles. The van der Waals surface area contributed by atoms with Crippen molar-refractivity contribution in [2.75, 3.05) is 11.9 Å². The first-order valence-corrected chi connectivity index (χ1v) is 5.42. The topological polar surface area (TPSA) is 112 Å². The number of anilines is 1. The van der Waals surface area contributed by atoms with Crippen LogP contribution in [0.3, 0.4) is 0 Å². The molecule has 0 aliphatic carbocycles. The summed E-state index contributed by atoms with van der Waals surface area (Å²) < 4.78 is 0. The summed E-state index contributed by atoms with van der Waals surface area (Å²) in [5.74, 6) is 0.0226. The van der Waals surface area contributed by atoms with Crippen molar-refractivity contribution < 1.29 is 10.0 Å². The summed E-state index contributed by atoms with van der Waals surface area (Å²) in [4.78, 5) is 14.1. The highest BCUT2D eigenvalue weighted by Crippen LogP contribution is 2.25. The number of nitriles is 1. The second-order valence-corrected chi connectivity index (χ2v) is 4.12. The summed E-state index contributed by atoms with van der Waals surface area (Å²) in [5, 5.41) is 32.0. The molecule has 0 aliphatic heterocycles. The van der Waals surface area contributed by atoms with Crippen LogP contribution in [0.5, 0.6) is 0 Å². The van der Waals surface area contributed by atoms with Crippen molar-refractivity contribution in [2.24, 2.45) is 5.92 Å². The van der Waals surface area contributed by atoms with E-state index in [-0.39, 0.29) is 29.5 Å². The summed E-state index contributed by atoms with van der Waals surface area (Å²) in [6, 6.07) is 3.02. The van der Waals surface area contributed by atoms with Crippen molar-refractivity contribution in [3.8, 4) is 6.07 Å². The monoisotopic (exact) mass is 250 g/mol. The number of aromatic nitrogens is 1. The fourth-order valence-corrected chi connectivity index (χ4v) is 1.30. The largest absolute Gasteiger partial charge is 0.391 e. The molecule has 0 amide bonds. The summed E-state index contributed by atoms with van der Waals surface area (Å²) in [6.45, 7) is 3.81. The maximum Gasteiger partial charge on any atom is 0.328 e. The van der Waals surface area contributed by atoms with Crippen LogP contribution in [0.1, 0.15) is 19.4 Å². The third kappa shape index (κ3) is 3.15. The molecule has 0 fully saturated rings. The third-order valence-corrected chi connectivity index (χ3v) is 2.48. The lowest BCUT2D eigenvalue weighted by atomic mass is 10.1. The van der Waals surface area contributed by atoms with Crippen LogP contribution < -0.4 is 5.32 Å². The second-order valence-electron chi connectivity index (χ2n) is 4.12. The van der Waals surface area contributed by atoms with E-state index in [4.69, 9.17) is 5.26 Å². The number of hydrogen-bond acceptors (Lipinski definition) is 6. The molecule has 0 aliphatic rings. The molecule has 1 unspecified atom stereocenters. The fourth-order valence-electron chi connectivity index (χ4n) is 1.30. The Hall–Kier alpha value is -2.20. The van der Waals surface area contributed by atoms with Gasteiger partial charge in [0.1, 0.15) is 11.6 Å². The van der Waals surface area contributed by atoms with Gasteiger partial charge in [-0.3, -0.25) is 10.1 Å². The van der Waals surface area contributed by atoms with Gasteiger partial charge < -0.3 is 10.4 Å². The smallest absolute Gasteiger partial charge is 0.328 e. The van der Waals surface area contributed by atoms with Crippen molar-refractivity contribution in [3.05, 3.63) is 27.9 Å². The van der Waals surface area contributed by atoms with Crippen molar-refractivity contribution in [2.45, 2.75) is 20.0 Å². The number of aliphatic hydroxyl groups excluding tert-OH is 1. The van der Waals surface area contributed by atoms with E-state index in [1.54, 1.807) is 6.07 Å². The highest BCUT2D eigenvalue weighted by molar-refractivity contribution is 5.64. The Kier molecular flexibility index (Phi) is 4.57. The SMILES string of the molecule is CC(C)C(O)CNc1nccc(C#N)c1[N+](=O)[O-]. The molecular formula is C11H14N4O3. The number of nitrogens with one attached hydrogen (secondary N) is 1. The number of pyridine rings is 1. The van der Waals surface area contributed by atoms with E-state index in [0.717, 1.165) is 0 Å². The molecule has 1 aromatic heterocycles. The predicted molar refractivity (Wildman–Crippen MR) is 64.9 cm³/mol. The number of nitro groups is 1. The summed E-state index contributed by atoms with van der Waals surface area (Å²) in [6.07, 6.45) is 0.674. The summed E-state index contributed by atoms with van der Waals surface area (Å²) in [7, 11) is 0. The Balaban J connectivity index is 2.96. The molecule has 1 rings (SSSR count). The van der Waals surface area contributed by atoms with Crippen LogP contribution in [0.15, 0.2) is 12.3 Å². The lowest BCUT2D eigenvalue weighted by Gasteiger charge is -2.15. The Morgan fingerprint density at radius 3 is 2.83 bits per heavy atom. The van der Waals surface area contributed by atoms with E-state index in [9.17, 15) is 15.2 Å². The molecule has 0 bridgehead atoms. The lowest BCUT2D eigenvalue weighted by molar-refractivity contribution is -0.384. The van der Waals surface area contributed by atoms with Crippen LogP contribution >= 0.6 is 0 Å². The van der Waals surface area contributed by atoms with Gasteiger partial charge in [0.15, 0.2) is 0 Å². The van der Waals surface area contributed by atoms with Gasteiger partial charge >= 0.3 is 5.69 Å². The van der Waals surface area contributed by atoms with Crippen LogP contribution in [-0.2, 0) is 0 Å². The first kappa shape index (κ1) is 13.9. The third-order valence-electron chi connectivity index (χ3n) is 2.48. The first-order valence-electron chi connectivity index (χ1n) is 5.42. The van der Waals surface area contributed by atoms with Crippen LogP contribution in [0.4, 0.5) is 11.5 Å². The minimum absolute atomic E-state index is 0.00116. The average Bonchev–Trinajstić information content (AvgIpc) is 2.34. The van der Waals surface area contributed by atoms with Crippen LogP contribution in [-0.4, -0.2) is 27.7 Å². The minimum Gasteiger partial charge on any atom is -0.391 e. The van der Waals surface area contributed by atoms with Crippen molar-refractivity contribution >= 4 is 11.5 Å². The Morgan fingerprint density at radius 1 is 1.67 bits per heavy atom. The van der Waals surface area contributed by atoms with E-state index >= 15 is 0 Å². The second kappa shape index (κ2) is 5.93. The van der Waals surface area contributed by atoms with Gasteiger partial charge in [0.05, 0.1) is 11.0 Å². The molecule has 0 spiro atoms. The zero-order chi connectivity index (χ0) is 13.7. The van der Waals surface area contributed by atoms with E-state index < -0.39 is 11.0 Å². The van der Waals surface area contributed by atoms with Crippen molar-refractivity contribution in [1.82, 2.24) is 4.98 Å². The van der Waals surface area contributed by atoms with Gasteiger partial charge in [-0.25, -0.2) is 4.98 Å². The molecule has 7 nitrogen and oxygen atoms in total. The lowest BCUT2D eigenvalue weighted by Crippen LogP contribution is -2.25. The summed E-state index contributed by atoms with van der Waals surface area (Å²) >= 11 is 0. The van der Waals surface area contributed by atoms with Gasteiger partial charge in [-0.2, -0.15) is 5.26 Å². The molecule has 1 aromatic rings. The zero-order valence-corrected chi connectivity index (χ0v) is 10.1. The van der Waals surface area contributed by atoms with Crippen LogP contribution in [0.25, 0.3) is 0 Å². The molecule has 0 saturated heterocycles. The molecule has 0 saturated carbocycles. The van der Waals surface area contributed by atoms with Gasteiger partial charge in [-0.05, 0) is 12.0 Å². The fraction of sp³-hybridized carbons (Fsp3) is 0.455. The van der Waals surface area contributed by atoms with Gasteiger partial charge in [-0.15, -0.1) is 0 Å². The molecule has 0 radical (unpaired) electrons. The first-order chi connectivity index (χ1) is 8.47. The van der Waals surface area contributed by atoms with E-state index in [1.165, 1.54) is 12.3 Å². The predicted octanol–water partition coefficient (Wildman–Crippen LogP) is 1.29. The molecule has 7 heteroatoms. The molecule has 18 heavy (non-hydrogen) atoms. The van der Waals surface area contributed by atoms with Gasteiger partial charge in [0, 0.05) is 12.7 Å². The van der Waals surface area contributed by atoms with Crippen LogP contribution in [0, 0.1) is 27.4 Å². The van der Waals surface area contributed by atoms with Gasteiger partial charge in [0.25, 0.3) is 0 Å². The van der Waals surface area contributed by atoms with E-state index in [0.29, 0.717) is 0 Å². The highest BCUT2D eigenvalue weighted by atomic mass is 16.6. The zero-order valence-electron chi connectivity index (χ0n) is 10.1. The van der Waals surface area contributed by atoms with E-state index in [2.05, 4.69) is 10.3 Å². The van der Waals surface area contributed by atoms with E-state index in [1.807, 2.05) is 13.8 Å². The quantitative estimate of drug-likeness (QED) is 0.601. The van der Waals surface area contributed by atoms with Gasteiger partial charge in [-0.1, -0.05) is 13.8 Å². The standard InChI is InChI=1S/C11H14N4O3/c1-7(2)9(16)6-14-11-10(15(17)18)8(5-12)3-4-13-11/h3-4,7,9,16H,6H2,1-2H3,(H,13,14). The van der Waals surface area contributed by atoms with Crippen molar-refractivity contribution in [3.63, 3.8) is 0 Å². The van der Waals surface area contributed by atoms with Crippen LogP contribution in [0.2, 0.25) is 0 Å². The Bertz CT molecular complexity index is 482. The Labute approximate surface area is 104 Å². The molecule has 1 heterocycles. The van der Waals surface area contributed by atoms with Gasteiger partial charge in [0.2, 0.25) is 5.82 Å². The molecule has 96 valence electrons. The number of aliphatic hydroxyl groups is 1. The number of rotatable bonds is 5. The maximum absolute atomic E-state index is 10.9. The molecular weight excluding hydrogens is 236 g/mol. The average molecular weight is 250 g/mol. The summed E-state index contributed by atoms with van der Waals surface area (Å²) in [5.41, 5.74) is -0.424. The molecule has 2 N–H and O–H groups in total. The van der Waals surface area contributed by atoms with Crippen molar-refractivity contribution in [1.29, 1.82) is 5.26 Å². The number of nitrogens with zero attached hydrogens (tertiary/aromatic N) is 3. The normalized spacial score (nSPS) is 11.9. The minimum atomic E-state index is -0.657. The molecule has 1 atom stereocenters. The number of hydrogen-bond donors (Lipinski definition) is 2. The highest BCUT2D eigenvalue weighted by Gasteiger charge is 2.21.